The Morgan fingerprint density at radius 3 is 1.06 bits per heavy atom. The summed E-state index contributed by atoms with van der Waals surface area (Å²) < 4.78 is 55.1. The Bertz CT molecular complexity index is 503. The molecule has 18 heavy (non-hydrogen) atoms. The second kappa shape index (κ2) is 5.44. The number of hydrogen-bond donors (Lipinski definition) is 0. The minimum absolute atomic E-state index is 1.62. The van der Waals surface area contributed by atoms with Gasteiger partial charge in [-0.1, -0.05) is 0 Å². The average molecular weight is 331 g/mol. The fourth-order valence-electron chi connectivity index (χ4n) is 0.802. The summed E-state index contributed by atoms with van der Waals surface area (Å²) in [5, 5.41) is 3.24. The van der Waals surface area contributed by atoms with Gasteiger partial charge in [0.1, 0.15) is 0 Å². The highest BCUT2D eigenvalue weighted by molar-refractivity contribution is 7.95. The van der Waals surface area contributed by atoms with Crippen LogP contribution in [0.2, 0.25) is 39.3 Å². The Labute approximate surface area is 111 Å². The first-order chi connectivity index (χ1) is 7.62. The molecule has 0 aromatic carbocycles. The van der Waals surface area contributed by atoms with Gasteiger partial charge in [-0.3, -0.25) is 0 Å². The topological polar surface area (TPSA) is 86.7 Å². The quantitative estimate of drug-likeness (QED) is 0.570. The van der Waals surface area contributed by atoms with Gasteiger partial charge >= 0.3 is 20.2 Å². The molecule has 0 aliphatic rings. The SMILES string of the molecule is C[Si](C)(C)OS(=O)(=O)C#CS(=O)(=O)O[Si](C)(C)C. The Morgan fingerprint density at radius 2 is 0.889 bits per heavy atom. The third-order valence-corrected chi connectivity index (χ3v) is 7.60. The van der Waals surface area contributed by atoms with Crippen molar-refractivity contribution in [2.45, 2.75) is 39.3 Å². The van der Waals surface area contributed by atoms with Crippen molar-refractivity contribution in [1.82, 2.24) is 0 Å². The zero-order valence-electron chi connectivity index (χ0n) is 11.3. The molecule has 10 heteroatoms. The van der Waals surface area contributed by atoms with Crippen LogP contribution in [0.25, 0.3) is 0 Å². The lowest BCUT2D eigenvalue weighted by atomic mass is 11.4. The van der Waals surface area contributed by atoms with Crippen molar-refractivity contribution < 1.29 is 24.6 Å². The Kier molecular flexibility index (Phi) is 5.38. The van der Waals surface area contributed by atoms with Crippen LogP contribution in [0.3, 0.4) is 0 Å². The van der Waals surface area contributed by atoms with Crippen molar-refractivity contribution in [3.63, 3.8) is 0 Å². The first-order valence-electron chi connectivity index (χ1n) is 5.07. The maximum absolute atomic E-state index is 11.4. The average Bonchev–Trinajstić information content (AvgIpc) is 1.91. The maximum Gasteiger partial charge on any atom is 0.329 e. The lowest BCUT2D eigenvalue weighted by Crippen LogP contribution is -2.29. The normalized spacial score (nSPS) is 13.9. The van der Waals surface area contributed by atoms with Crippen molar-refractivity contribution in [3.8, 4) is 10.5 Å². The third-order valence-electron chi connectivity index (χ3n) is 1.01. The third kappa shape index (κ3) is 9.80. The summed E-state index contributed by atoms with van der Waals surface area (Å²) in [4.78, 5) is 0. The van der Waals surface area contributed by atoms with E-state index in [0.29, 0.717) is 0 Å². The van der Waals surface area contributed by atoms with Gasteiger partial charge in [-0.05, 0) is 39.3 Å². The zero-order valence-corrected chi connectivity index (χ0v) is 14.9. The van der Waals surface area contributed by atoms with Crippen LogP contribution in [0.1, 0.15) is 0 Å². The van der Waals surface area contributed by atoms with Crippen molar-refractivity contribution >= 4 is 36.9 Å². The summed E-state index contributed by atoms with van der Waals surface area (Å²) in [6.45, 7) is 9.91. The molecule has 0 aliphatic heterocycles. The molecular formula is C8H18O6S2Si2. The molecule has 0 spiro atoms. The van der Waals surface area contributed by atoms with E-state index in [4.69, 9.17) is 7.74 Å². The van der Waals surface area contributed by atoms with Crippen LogP contribution in [-0.2, 0) is 28.0 Å². The molecule has 0 saturated heterocycles. The minimum Gasteiger partial charge on any atom is -0.306 e. The Hall–Kier alpha value is -0.186. The van der Waals surface area contributed by atoms with Gasteiger partial charge < -0.3 is 7.74 Å². The van der Waals surface area contributed by atoms with E-state index < -0.39 is 36.9 Å². The van der Waals surface area contributed by atoms with Gasteiger partial charge in [0.25, 0.3) is 0 Å². The monoisotopic (exact) mass is 330 g/mol. The number of hydrogen-bond acceptors (Lipinski definition) is 6. The van der Waals surface area contributed by atoms with Crippen LogP contribution in [0.4, 0.5) is 0 Å². The maximum atomic E-state index is 11.4. The molecule has 0 unspecified atom stereocenters. The summed E-state index contributed by atoms with van der Waals surface area (Å²) >= 11 is 0. The summed E-state index contributed by atoms with van der Waals surface area (Å²) in [7, 11) is -13.0. The van der Waals surface area contributed by atoms with Crippen molar-refractivity contribution in [2.75, 3.05) is 0 Å². The van der Waals surface area contributed by atoms with Crippen LogP contribution < -0.4 is 0 Å². The van der Waals surface area contributed by atoms with E-state index in [9.17, 15) is 16.8 Å². The summed E-state index contributed by atoms with van der Waals surface area (Å²) in [5.74, 6) is 0. The summed E-state index contributed by atoms with van der Waals surface area (Å²) in [5.41, 5.74) is 0. The molecule has 0 heterocycles. The summed E-state index contributed by atoms with van der Waals surface area (Å²) in [6.07, 6.45) is 0. The zero-order chi connectivity index (χ0) is 14.8. The Morgan fingerprint density at radius 1 is 0.667 bits per heavy atom. The van der Waals surface area contributed by atoms with E-state index in [1.807, 2.05) is 0 Å². The van der Waals surface area contributed by atoms with Gasteiger partial charge in [0.15, 0.2) is 0 Å². The highest BCUT2D eigenvalue weighted by atomic mass is 32.2. The van der Waals surface area contributed by atoms with E-state index in [0.717, 1.165) is 0 Å². The molecule has 0 radical (unpaired) electrons. The molecule has 0 fully saturated rings. The van der Waals surface area contributed by atoms with E-state index >= 15 is 0 Å². The van der Waals surface area contributed by atoms with E-state index in [1.54, 1.807) is 49.8 Å². The van der Waals surface area contributed by atoms with Gasteiger partial charge in [0.2, 0.25) is 16.6 Å². The molecular weight excluding hydrogens is 312 g/mol. The van der Waals surface area contributed by atoms with Crippen LogP contribution in [0.15, 0.2) is 0 Å². The smallest absolute Gasteiger partial charge is 0.306 e. The molecule has 0 bridgehead atoms. The van der Waals surface area contributed by atoms with E-state index in [2.05, 4.69) is 0 Å². The molecule has 0 N–H and O–H groups in total. The first-order valence-corrected chi connectivity index (χ1v) is 14.7. The van der Waals surface area contributed by atoms with Crippen LogP contribution in [0.5, 0.6) is 0 Å². The van der Waals surface area contributed by atoms with Crippen LogP contribution in [0, 0.1) is 10.5 Å². The lowest BCUT2D eigenvalue weighted by molar-refractivity contribution is 0.494. The molecule has 0 aliphatic carbocycles. The molecule has 0 rings (SSSR count). The largest absolute Gasteiger partial charge is 0.329 e. The van der Waals surface area contributed by atoms with Crippen molar-refractivity contribution in [3.05, 3.63) is 0 Å². The van der Waals surface area contributed by atoms with E-state index in [-0.39, 0.29) is 0 Å². The molecule has 0 amide bonds. The highest BCUT2D eigenvalue weighted by Gasteiger charge is 2.25. The van der Waals surface area contributed by atoms with Gasteiger partial charge in [-0.25, -0.2) is 0 Å². The standard InChI is InChI=1S/C8H18O6S2Si2/c1-17(2,3)13-15(9,10)7-8-16(11,12)14-18(4,5)6/h1-6H3. The fraction of sp³-hybridized carbons (Fsp3) is 0.750. The van der Waals surface area contributed by atoms with E-state index in [1.165, 1.54) is 0 Å². The molecule has 0 saturated carbocycles. The first kappa shape index (κ1) is 17.8. The van der Waals surface area contributed by atoms with Crippen molar-refractivity contribution in [1.29, 1.82) is 0 Å². The molecule has 106 valence electrons. The molecule has 6 nitrogen and oxygen atoms in total. The number of rotatable bonds is 4. The second-order valence-electron chi connectivity index (χ2n) is 5.50. The predicted octanol–water partition coefficient (Wildman–Crippen LogP) is 1.27. The lowest BCUT2D eigenvalue weighted by Gasteiger charge is -2.14. The fourth-order valence-corrected chi connectivity index (χ4v) is 7.22. The predicted molar refractivity (Wildman–Crippen MR) is 74.5 cm³/mol. The molecule has 0 atom stereocenters. The highest BCUT2D eigenvalue weighted by Crippen LogP contribution is 2.10. The van der Waals surface area contributed by atoms with Crippen LogP contribution in [-0.4, -0.2) is 33.5 Å². The van der Waals surface area contributed by atoms with Gasteiger partial charge in [0.05, 0.1) is 10.5 Å². The molecule has 0 aromatic heterocycles. The van der Waals surface area contributed by atoms with Crippen LogP contribution >= 0.6 is 0 Å². The van der Waals surface area contributed by atoms with Gasteiger partial charge in [0, 0.05) is 0 Å². The van der Waals surface area contributed by atoms with Gasteiger partial charge in [-0.2, -0.15) is 16.8 Å². The summed E-state index contributed by atoms with van der Waals surface area (Å²) in [6, 6.07) is 0. The molecule has 0 aromatic rings. The minimum atomic E-state index is -4.17. The van der Waals surface area contributed by atoms with Gasteiger partial charge in [-0.15, -0.1) is 0 Å². The Balaban J connectivity index is 5.10. The second-order valence-corrected chi connectivity index (χ2v) is 17.5. The van der Waals surface area contributed by atoms with Crippen molar-refractivity contribution in [2.24, 2.45) is 0 Å².